The van der Waals surface area contributed by atoms with Crippen molar-refractivity contribution in [1.82, 2.24) is 9.88 Å². The number of nitrogens with zero attached hydrogens (tertiary/aromatic N) is 3. The second-order valence-electron chi connectivity index (χ2n) is 7.56. The number of para-hydroxylation sites is 2. The van der Waals surface area contributed by atoms with E-state index in [1.807, 2.05) is 42.5 Å². The fourth-order valence-corrected chi connectivity index (χ4v) is 3.80. The monoisotopic (exact) mass is 388 g/mol. The van der Waals surface area contributed by atoms with Crippen molar-refractivity contribution in [2.45, 2.75) is 19.3 Å². The van der Waals surface area contributed by atoms with Crippen LogP contribution in [0, 0.1) is 0 Å². The normalized spacial score (nSPS) is 14.8. The average Bonchev–Trinajstić information content (AvgIpc) is 2.77. The minimum atomic E-state index is 0.100. The summed E-state index contributed by atoms with van der Waals surface area (Å²) in [6, 6.07) is 22.2. The lowest BCUT2D eigenvalue weighted by Gasteiger charge is -2.35. The maximum atomic E-state index is 12.0. The number of piperazine rings is 1. The molecule has 2 aromatic carbocycles. The third-order valence-corrected chi connectivity index (χ3v) is 5.47. The number of pyridine rings is 1. The fraction of sp³-hybridized carbons (Fsp3) is 0.333. The van der Waals surface area contributed by atoms with Crippen LogP contribution in [0.3, 0.4) is 0 Å². The standard InChI is InChI=1S/C24H28N4O/c29-24(25-21-9-2-1-3-10-21)12-6-7-15-27-16-18-28(19-17-27)23-14-13-20-8-4-5-11-22(20)26-23/h1-5,8-11,13-14H,6-7,12,15-19H2,(H,25,29). The fourth-order valence-electron chi connectivity index (χ4n) is 3.80. The Morgan fingerprint density at radius 3 is 2.45 bits per heavy atom. The Hall–Kier alpha value is -2.92. The van der Waals surface area contributed by atoms with E-state index in [9.17, 15) is 4.79 Å². The summed E-state index contributed by atoms with van der Waals surface area (Å²) in [5.41, 5.74) is 1.93. The maximum absolute atomic E-state index is 12.0. The van der Waals surface area contributed by atoms with Crippen LogP contribution in [0.2, 0.25) is 0 Å². The number of carbonyl (C=O) groups excluding carboxylic acids is 1. The second kappa shape index (κ2) is 9.52. The lowest BCUT2D eigenvalue weighted by molar-refractivity contribution is -0.116. The average molecular weight is 389 g/mol. The number of hydrogen-bond acceptors (Lipinski definition) is 4. The van der Waals surface area contributed by atoms with E-state index < -0.39 is 0 Å². The van der Waals surface area contributed by atoms with Gasteiger partial charge in [-0.25, -0.2) is 4.98 Å². The lowest BCUT2D eigenvalue weighted by atomic mass is 10.2. The molecular formula is C24H28N4O. The highest BCUT2D eigenvalue weighted by Crippen LogP contribution is 2.19. The van der Waals surface area contributed by atoms with E-state index in [0.29, 0.717) is 6.42 Å². The smallest absolute Gasteiger partial charge is 0.224 e. The van der Waals surface area contributed by atoms with Gasteiger partial charge in [-0.15, -0.1) is 0 Å². The highest BCUT2D eigenvalue weighted by molar-refractivity contribution is 5.90. The molecule has 1 amide bonds. The molecule has 150 valence electrons. The molecule has 1 fully saturated rings. The van der Waals surface area contributed by atoms with Crippen LogP contribution in [-0.2, 0) is 4.79 Å². The number of benzene rings is 2. The van der Waals surface area contributed by atoms with Gasteiger partial charge in [-0.2, -0.15) is 0 Å². The van der Waals surface area contributed by atoms with Crippen LogP contribution in [0.4, 0.5) is 11.5 Å². The van der Waals surface area contributed by atoms with Gasteiger partial charge < -0.3 is 10.2 Å². The van der Waals surface area contributed by atoms with E-state index in [4.69, 9.17) is 4.98 Å². The Labute approximate surface area is 172 Å². The third kappa shape index (κ3) is 5.33. The van der Waals surface area contributed by atoms with E-state index in [2.05, 4.69) is 39.4 Å². The Morgan fingerprint density at radius 2 is 1.62 bits per heavy atom. The van der Waals surface area contributed by atoms with Gasteiger partial charge in [0.15, 0.2) is 0 Å². The van der Waals surface area contributed by atoms with Gasteiger partial charge in [0.1, 0.15) is 5.82 Å². The molecule has 5 heteroatoms. The predicted octanol–water partition coefficient (Wildman–Crippen LogP) is 4.17. The van der Waals surface area contributed by atoms with Gasteiger partial charge in [-0.3, -0.25) is 9.69 Å². The molecular weight excluding hydrogens is 360 g/mol. The third-order valence-electron chi connectivity index (χ3n) is 5.47. The number of aromatic nitrogens is 1. The maximum Gasteiger partial charge on any atom is 0.224 e. The van der Waals surface area contributed by atoms with Gasteiger partial charge in [0.2, 0.25) is 5.91 Å². The van der Waals surface area contributed by atoms with Crippen molar-refractivity contribution in [3.05, 3.63) is 66.7 Å². The molecule has 0 unspecified atom stereocenters. The zero-order valence-electron chi connectivity index (χ0n) is 16.8. The lowest BCUT2D eigenvalue weighted by Crippen LogP contribution is -2.46. The molecule has 0 saturated carbocycles. The SMILES string of the molecule is O=C(CCCCN1CCN(c2ccc3ccccc3n2)CC1)Nc1ccccc1. The number of unbranched alkanes of at least 4 members (excludes halogenated alkanes) is 1. The van der Waals surface area contributed by atoms with E-state index in [0.717, 1.165) is 62.6 Å². The number of amides is 1. The van der Waals surface area contributed by atoms with Crippen molar-refractivity contribution in [2.75, 3.05) is 42.9 Å². The largest absolute Gasteiger partial charge is 0.354 e. The van der Waals surface area contributed by atoms with E-state index in [1.54, 1.807) is 0 Å². The molecule has 1 aromatic heterocycles. The molecule has 0 aliphatic carbocycles. The molecule has 4 rings (SSSR count). The summed E-state index contributed by atoms with van der Waals surface area (Å²) >= 11 is 0. The van der Waals surface area contributed by atoms with Crippen molar-refractivity contribution in [1.29, 1.82) is 0 Å². The molecule has 5 nitrogen and oxygen atoms in total. The summed E-state index contributed by atoms with van der Waals surface area (Å²) in [6.45, 7) is 5.15. The molecule has 1 N–H and O–H groups in total. The van der Waals surface area contributed by atoms with E-state index >= 15 is 0 Å². The topological polar surface area (TPSA) is 48.5 Å². The first-order valence-electron chi connectivity index (χ1n) is 10.5. The van der Waals surface area contributed by atoms with Gasteiger partial charge >= 0.3 is 0 Å². The van der Waals surface area contributed by atoms with Crippen LogP contribution in [-0.4, -0.2) is 48.5 Å². The van der Waals surface area contributed by atoms with Gasteiger partial charge in [0, 0.05) is 43.7 Å². The summed E-state index contributed by atoms with van der Waals surface area (Å²) in [6.07, 6.45) is 2.55. The second-order valence-corrected chi connectivity index (χ2v) is 7.56. The number of nitrogens with one attached hydrogen (secondary N) is 1. The first kappa shape index (κ1) is 19.4. The zero-order chi connectivity index (χ0) is 19.9. The highest BCUT2D eigenvalue weighted by atomic mass is 16.1. The Bertz CT molecular complexity index is 936. The number of anilines is 2. The van der Waals surface area contributed by atoms with E-state index in [1.165, 1.54) is 5.39 Å². The quantitative estimate of drug-likeness (QED) is 0.617. The van der Waals surface area contributed by atoms with Crippen molar-refractivity contribution >= 4 is 28.3 Å². The van der Waals surface area contributed by atoms with E-state index in [-0.39, 0.29) is 5.91 Å². The molecule has 1 aliphatic heterocycles. The van der Waals surface area contributed by atoms with Crippen molar-refractivity contribution < 1.29 is 4.79 Å². The first-order chi connectivity index (χ1) is 14.3. The van der Waals surface area contributed by atoms with Crippen LogP contribution in [0.25, 0.3) is 10.9 Å². The van der Waals surface area contributed by atoms with Crippen LogP contribution in [0.15, 0.2) is 66.7 Å². The Balaban J connectivity index is 1.17. The molecule has 1 aliphatic rings. The summed E-state index contributed by atoms with van der Waals surface area (Å²) in [5.74, 6) is 1.17. The summed E-state index contributed by atoms with van der Waals surface area (Å²) < 4.78 is 0. The Kier molecular flexibility index (Phi) is 6.37. The Morgan fingerprint density at radius 1 is 0.862 bits per heavy atom. The number of hydrogen-bond donors (Lipinski definition) is 1. The molecule has 0 bridgehead atoms. The summed E-state index contributed by atoms with van der Waals surface area (Å²) in [4.78, 5) is 21.7. The van der Waals surface area contributed by atoms with Gasteiger partial charge in [0.25, 0.3) is 0 Å². The molecule has 0 atom stereocenters. The molecule has 0 radical (unpaired) electrons. The van der Waals surface area contributed by atoms with Crippen LogP contribution < -0.4 is 10.2 Å². The minimum Gasteiger partial charge on any atom is -0.354 e. The van der Waals surface area contributed by atoms with Gasteiger partial charge in [0.05, 0.1) is 5.52 Å². The first-order valence-corrected chi connectivity index (χ1v) is 10.5. The van der Waals surface area contributed by atoms with Gasteiger partial charge in [-0.1, -0.05) is 36.4 Å². The molecule has 3 aromatic rings. The molecule has 29 heavy (non-hydrogen) atoms. The van der Waals surface area contributed by atoms with Gasteiger partial charge in [-0.05, 0) is 49.7 Å². The number of rotatable bonds is 7. The van der Waals surface area contributed by atoms with Crippen LogP contribution in [0.1, 0.15) is 19.3 Å². The van der Waals surface area contributed by atoms with Crippen LogP contribution in [0.5, 0.6) is 0 Å². The molecule has 1 saturated heterocycles. The predicted molar refractivity (Wildman–Crippen MR) is 119 cm³/mol. The highest BCUT2D eigenvalue weighted by Gasteiger charge is 2.18. The summed E-state index contributed by atoms with van der Waals surface area (Å²) in [7, 11) is 0. The zero-order valence-corrected chi connectivity index (χ0v) is 16.8. The summed E-state index contributed by atoms with van der Waals surface area (Å²) in [5, 5.41) is 4.14. The van der Waals surface area contributed by atoms with Crippen LogP contribution >= 0.6 is 0 Å². The van der Waals surface area contributed by atoms with Crippen molar-refractivity contribution in [3.8, 4) is 0 Å². The molecule has 2 heterocycles. The van der Waals surface area contributed by atoms with Crippen molar-refractivity contribution in [2.24, 2.45) is 0 Å². The van der Waals surface area contributed by atoms with Crippen molar-refractivity contribution in [3.63, 3.8) is 0 Å². The number of fused-ring (bicyclic) bond motifs is 1. The minimum absolute atomic E-state index is 0.100. The number of carbonyl (C=O) groups is 1. The molecule has 0 spiro atoms.